The van der Waals surface area contributed by atoms with Gasteiger partial charge in [0.15, 0.2) is 0 Å². The monoisotopic (exact) mass is 288 g/mol. The minimum Gasteiger partial charge on any atom is -0.374 e. The van der Waals surface area contributed by atoms with E-state index in [-0.39, 0.29) is 12.0 Å². The smallest absolute Gasteiger partial charge is 0.225 e. The SMILES string of the molecule is O=C(C1CCNCC1)N1CCOC(Cc2ccccc2)C1. The van der Waals surface area contributed by atoms with E-state index >= 15 is 0 Å². The predicted octanol–water partition coefficient (Wildman–Crippen LogP) is 1.46. The summed E-state index contributed by atoms with van der Waals surface area (Å²) in [5.41, 5.74) is 1.28. The largest absolute Gasteiger partial charge is 0.374 e. The third-order valence-corrected chi connectivity index (χ3v) is 4.45. The fourth-order valence-electron chi connectivity index (χ4n) is 3.25. The summed E-state index contributed by atoms with van der Waals surface area (Å²) >= 11 is 0. The molecule has 0 spiro atoms. The Bertz CT molecular complexity index is 457. The van der Waals surface area contributed by atoms with Gasteiger partial charge in [-0.1, -0.05) is 30.3 Å². The molecule has 1 amide bonds. The van der Waals surface area contributed by atoms with Gasteiger partial charge < -0.3 is 15.0 Å². The Morgan fingerprint density at radius 3 is 2.76 bits per heavy atom. The molecule has 0 saturated carbocycles. The number of piperidine rings is 1. The molecule has 114 valence electrons. The molecule has 0 bridgehead atoms. The Morgan fingerprint density at radius 2 is 2.00 bits per heavy atom. The molecule has 1 atom stereocenters. The number of rotatable bonds is 3. The lowest BCUT2D eigenvalue weighted by molar-refractivity contribution is -0.143. The molecule has 2 aliphatic rings. The van der Waals surface area contributed by atoms with Gasteiger partial charge in [-0.3, -0.25) is 4.79 Å². The number of ether oxygens (including phenoxy) is 1. The Labute approximate surface area is 126 Å². The average Bonchev–Trinajstić information content (AvgIpc) is 2.56. The lowest BCUT2D eigenvalue weighted by Crippen LogP contribution is -2.49. The van der Waals surface area contributed by atoms with Gasteiger partial charge in [0.2, 0.25) is 5.91 Å². The van der Waals surface area contributed by atoms with E-state index in [1.54, 1.807) is 0 Å². The fraction of sp³-hybridized carbons (Fsp3) is 0.588. The summed E-state index contributed by atoms with van der Waals surface area (Å²) in [5, 5.41) is 3.32. The van der Waals surface area contributed by atoms with Crippen LogP contribution in [0.15, 0.2) is 30.3 Å². The van der Waals surface area contributed by atoms with Gasteiger partial charge in [0.1, 0.15) is 0 Å². The van der Waals surface area contributed by atoms with Crippen molar-refractivity contribution in [2.45, 2.75) is 25.4 Å². The molecule has 21 heavy (non-hydrogen) atoms. The molecular formula is C17H24N2O2. The summed E-state index contributed by atoms with van der Waals surface area (Å²) < 4.78 is 5.84. The number of benzene rings is 1. The van der Waals surface area contributed by atoms with Crippen molar-refractivity contribution in [1.29, 1.82) is 0 Å². The molecule has 2 saturated heterocycles. The van der Waals surface area contributed by atoms with E-state index in [0.717, 1.165) is 45.4 Å². The quantitative estimate of drug-likeness (QED) is 0.915. The van der Waals surface area contributed by atoms with Crippen LogP contribution in [0.3, 0.4) is 0 Å². The molecule has 0 radical (unpaired) electrons. The van der Waals surface area contributed by atoms with E-state index in [4.69, 9.17) is 4.74 Å². The van der Waals surface area contributed by atoms with Crippen LogP contribution in [0.5, 0.6) is 0 Å². The van der Waals surface area contributed by atoms with Crippen molar-refractivity contribution in [2.75, 3.05) is 32.8 Å². The molecule has 2 heterocycles. The zero-order chi connectivity index (χ0) is 14.5. The van der Waals surface area contributed by atoms with Crippen LogP contribution in [0, 0.1) is 5.92 Å². The number of carbonyl (C=O) groups excluding carboxylic acids is 1. The number of hydrogen-bond donors (Lipinski definition) is 1. The van der Waals surface area contributed by atoms with Crippen LogP contribution in [0.4, 0.5) is 0 Å². The number of morpholine rings is 1. The molecule has 3 rings (SSSR count). The van der Waals surface area contributed by atoms with Crippen molar-refractivity contribution in [1.82, 2.24) is 10.2 Å². The summed E-state index contributed by atoms with van der Waals surface area (Å²) in [6.07, 6.45) is 2.96. The average molecular weight is 288 g/mol. The molecule has 0 aliphatic carbocycles. The van der Waals surface area contributed by atoms with Crippen molar-refractivity contribution >= 4 is 5.91 Å². The van der Waals surface area contributed by atoms with Crippen LogP contribution in [-0.2, 0) is 16.0 Å². The zero-order valence-corrected chi connectivity index (χ0v) is 12.5. The van der Waals surface area contributed by atoms with Gasteiger partial charge in [0, 0.05) is 25.4 Å². The molecule has 4 nitrogen and oxygen atoms in total. The summed E-state index contributed by atoms with van der Waals surface area (Å²) in [5.74, 6) is 0.541. The summed E-state index contributed by atoms with van der Waals surface area (Å²) in [6, 6.07) is 10.4. The van der Waals surface area contributed by atoms with Crippen molar-refractivity contribution in [3.8, 4) is 0 Å². The van der Waals surface area contributed by atoms with E-state index < -0.39 is 0 Å². The molecule has 2 aliphatic heterocycles. The minimum absolute atomic E-state index is 0.131. The van der Waals surface area contributed by atoms with Gasteiger partial charge in [-0.05, 0) is 31.5 Å². The van der Waals surface area contributed by atoms with Crippen molar-refractivity contribution in [2.24, 2.45) is 5.92 Å². The van der Waals surface area contributed by atoms with Crippen LogP contribution < -0.4 is 5.32 Å². The number of nitrogens with zero attached hydrogens (tertiary/aromatic N) is 1. The van der Waals surface area contributed by atoms with Crippen LogP contribution in [-0.4, -0.2) is 49.7 Å². The fourth-order valence-corrected chi connectivity index (χ4v) is 3.25. The van der Waals surface area contributed by atoms with Crippen molar-refractivity contribution in [3.63, 3.8) is 0 Å². The standard InChI is InChI=1S/C17H24N2O2/c20-17(15-6-8-18-9-7-15)19-10-11-21-16(13-19)12-14-4-2-1-3-5-14/h1-5,15-16,18H,6-13H2. The Morgan fingerprint density at radius 1 is 1.24 bits per heavy atom. The van der Waals surface area contributed by atoms with Crippen LogP contribution in [0.2, 0.25) is 0 Å². The normalized spacial score (nSPS) is 24.0. The number of carbonyl (C=O) groups is 1. The maximum absolute atomic E-state index is 12.6. The Hall–Kier alpha value is -1.39. The van der Waals surface area contributed by atoms with E-state index in [1.165, 1.54) is 5.56 Å². The molecular weight excluding hydrogens is 264 g/mol. The second kappa shape index (κ2) is 7.05. The van der Waals surface area contributed by atoms with E-state index in [9.17, 15) is 4.79 Å². The first-order valence-electron chi connectivity index (χ1n) is 7.98. The third kappa shape index (κ3) is 3.83. The van der Waals surface area contributed by atoms with Crippen molar-refractivity contribution in [3.05, 3.63) is 35.9 Å². The number of nitrogens with one attached hydrogen (secondary N) is 1. The van der Waals surface area contributed by atoms with Crippen LogP contribution >= 0.6 is 0 Å². The van der Waals surface area contributed by atoms with Gasteiger partial charge in [-0.15, -0.1) is 0 Å². The number of amides is 1. The zero-order valence-electron chi connectivity index (χ0n) is 12.5. The summed E-state index contributed by atoms with van der Waals surface area (Å²) in [6.45, 7) is 4.07. The molecule has 1 unspecified atom stereocenters. The first-order chi connectivity index (χ1) is 10.3. The Balaban J connectivity index is 1.56. The second-order valence-electron chi connectivity index (χ2n) is 5.99. The summed E-state index contributed by atoms with van der Waals surface area (Å²) in [4.78, 5) is 14.6. The van der Waals surface area contributed by atoms with Gasteiger partial charge in [-0.25, -0.2) is 0 Å². The minimum atomic E-state index is 0.131. The van der Waals surface area contributed by atoms with Gasteiger partial charge in [-0.2, -0.15) is 0 Å². The van der Waals surface area contributed by atoms with Crippen LogP contribution in [0.1, 0.15) is 18.4 Å². The first-order valence-corrected chi connectivity index (χ1v) is 7.98. The van der Waals surface area contributed by atoms with Gasteiger partial charge in [0.25, 0.3) is 0 Å². The van der Waals surface area contributed by atoms with E-state index in [0.29, 0.717) is 12.5 Å². The van der Waals surface area contributed by atoms with E-state index in [1.807, 2.05) is 11.0 Å². The molecule has 1 aromatic rings. The highest BCUT2D eigenvalue weighted by Gasteiger charge is 2.30. The second-order valence-corrected chi connectivity index (χ2v) is 5.99. The first kappa shape index (κ1) is 14.5. The van der Waals surface area contributed by atoms with Gasteiger partial charge in [0.05, 0.1) is 12.7 Å². The molecule has 4 heteroatoms. The maximum atomic E-state index is 12.6. The van der Waals surface area contributed by atoms with Crippen LogP contribution in [0.25, 0.3) is 0 Å². The summed E-state index contributed by atoms with van der Waals surface area (Å²) in [7, 11) is 0. The number of hydrogen-bond acceptors (Lipinski definition) is 3. The topological polar surface area (TPSA) is 41.6 Å². The van der Waals surface area contributed by atoms with Gasteiger partial charge >= 0.3 is 0 Å². The van der Waals surface area contributed by atoms with Crippen molar-refractivity contribution < 1.29 is 9.53 Å². The lowest BCUT2D eigenvalue weighted by atomic mass is 9.96. The molecule has 1 N–H and O–H groups in total. The highest BCUT2D eigenvalue weighted by molar-refractivity contribution is 5.79. The molecule has 2 fully saturated rings. The molecule has 0 aromatic heterocycles. The lowest BCUT2D eigenvalue weighted by Gasteiger charge is -2.36. The Kier molecular flexibility index (Phi) is 4.88. The highest BCUT2D eigenvalue weighted by atomic mass is 16.5. The molecule has 1 aromatic carbocycles. The highest BCUT2D eigenvalue weighted by Crippen LogP contribution is 2.18. The van der Waals surface area contributed by atoms with E-state index in [2.05, 4.69) is 29.6 Å². The predicted molar refractivity (Wildman–Crippen MR) is 82.1 cm³/mol. The maximum Gasteiger partial charge on any atom is 0.225 e. The third-order valence-electron chi connectivity index (χ3n) is 4.45.